The Morgan fingerprint density at radius 1 is 1.35 bits per heavy atom. The summed E-state index contributed by atoms with van der Waals surface area (Å²) in [5.74, 6) is -1.25. The number of carbonyl (C=O) groups excluding carboxylic acids is 1. The summed E-state index contributed by atoms with van der Waals surface area (Å²) < 4.78 is 10.5. The first kappa shape index (κ1) is 14.6. The van der Waals surface area contributed by atoms with Crippen molar-refractivity contribution in [2.45, 2.75) is 44.2 Å². The maximum absolute atomic E-state index is 12.5. The SMILES string of the molecule is CO/C(O)=C(/[N+]#N)C(=O)N1CCCOC12CCCCC2. The van der Waals surface area contributed by atoms with Crippen LogP contribution in [0.1, 0.15) is 38.5 Å². The molecule has 1 saturated heterocycles. The van der Waals surface area contributed by atoms with Crippen LogP contribution in [0.3, 0.4) is 0 Å². The van der Waals surface area contributed by atoms with Crippen molar-refractivity contribution in [2.24, 2.45) is 0 Å². The van der Waals surface area contributed by atoms with Crippen LogP contribution >= 0.6 is 0 Å². The Morgan fingerprint density at radius 3 is 2.65 bits per heavy atom. The Labute approximate surface area is 117 Å². The van der Waals surface area contributed by atoms with Gasteiger partial charge in [0.25, 0.3) is 0 Å². The van der Waals surface area contributed by atoms with Crippen LogP contribution in [-0.2, 0) is 14.3 Å². The minimum Gasteiger partial charge on any atom is -0.475 e. The molecule has 0 bridgehead atoms. The maximum atomic E-state index is 12.5. The molecule has 1 aliphatic heterocycles. The van der Waals surface area contributed by atoms with Crippen LogP contribution in [0.15, 0.2) is 11.6 Å². The van der Waals surface area contributed by atoms with Crippen molar-refractivity contribution in [1.29, 1.82) is 5.39 Å². The number of rotatable bonds is 2. The summed E-state index contributed by atoms with van der Waals surface area (Å²) in [4.78, 5) is 16.9. The average molecular weight is 282 g/mol. The van der Waals surface area contributed by atoms with Crippen molar-refractivity contribution in [2.75, 3.05) is 20.3 Å². The molecule has 20 heavy (non-hydrogen) atoms. The number of ether oxygens (including phenoxy) is 2. The van der Waals surface area contributed by atoms with Crippen molar-refractivity contribution in [3.63, 3.8) is 0 Å². The Balaban J connectivity index is 2.28. The van der Waals surface area contributed by atoms with Crippen LogP contribution in [-0.4, -0.2) is 41.9 Å². The van der Waals surface area contributed by atoms with E-state index in [2.05, 4.69) is 9.71 Å². The Bertz CT molecular complexity index is 441. The van der Waals surface area contributed by atoms with E-state index in [-0.39, 0.29) is 0 Å². The zero-order chi connectivity index (χ0) is 14.6. The number of nitrogens with zero attached hydrogens (tertiary/aromatic N) is 3. The lowest BCUT2D eigenvalue weighted by Crippen LogP contribution is -2.58. The first-order valence-corrected chi connectivity index (χ1v) is 6.93. The topological polar surface area (TPSA) is 87.2 Å². The Morgan fingerprint density at radius 2 is 2.05 bits per heavy atom. The number of hydrogen-bond donors (Lipinski definition) is 1. The van der Waals surface area contributed by atoms with Gasteiger partial charge in [0.15, 0.2) is 4.98 Å². The summed E-state index contributed by atoms with van der Waals surface area (Å²) in [6, 6.07) is 0. The van der Waals surface area contributed by atoms with Gasteiger partial charge in [0.1, 0.15) is 5.72 Å². The third-order valence-corrected chi connectivity index (χ3v) is 3.97. The zero-order valence-corrected chi connectivity index (χ0v) is 11.7. The van der Waals surface area contributed by atoms with Gasteiger partial charge in [0.05, 0.1) is 13.7 Å². The van der Waals surface area contributed by atoms with Gasteiger partial charge in [-0.1, -0.05) is 6.42 Å². The van der Waals surface area contributed by atoms with Gasteiger partial charge in [0, 0.05) is 6.54 Å². The van der Waals surface area contributed by atoms with E-state index in [1.165, 1.54) is 7.11 Å². The molecule has 7 heteroatoms. The second kappa shape index (κ2) is 6.09. The molecule has 0 unspecified atom stereocenters. The monoisotopic (exact) mass is 282 g/mol. The van der Waals surface area contributed by atoms with Crippen LogP contribution in [0, 0.1) is 5.39 Å². The molecule has 0 aromatic rings. The molecule has 1 N–H and O–H groups in total. The maximum Gasteiger partial charge on any atom is 0.527 e. The highest BCUT2D eigenvalue weighted by Crippen LogP contribution is 2.38. The molecule has 1 spiro atoms. The number of methoxy groups -OCH3 is 1. The molecular formula is C13H20N3O4+. The molecule has 1 saturated carbocycles. The lowest BCUT2D eigenvalue weighted by Gasteiger charge is -2.47. The third kappa shape index (κ3) is 2.56. The van der Waals surface area contributed by atoms with Crippen molar-refractivity contribution in [1.82, 2.24) is 4.90 Å². The average Bonchev–Trinajstić information content (AvgIpc) is 2.49. The predicted octanol–water partition coefficient (Wildman–Crippen LogP) is 2.12. The quantitative estimate of drug-likeness (QED) is 0.476. The molecule has 1 aliphatic carbocycles. The van der Waals surface area contributed by atoms with Crippen LogP contribution < -0.4 is 0 Å². The molecule has 110 valence electrons. The fourth-order valence-electron chi connectivity index (χ4n) is 2.97. The van der Waals surface area contributed by atoms with Gasteiger partial charge in [-0.25, -0.2) is 0 Å². The highest BCUT2D eigenvalue weighted by atomic mass is 16.6. The Hall–Kier alpha value is -1.81. The van der Waals surface area contributed by atoms with E-state index in [4.69, 9.17) is 10.1 Å². The van der Waals surface area contributed by atoms with E-state index >= 15 is 0 Å². The van der Waals surface area contributed by atoms with Gasteiger partial charge in [-0.05, 0) is 32.1 Å². The fraction of sp³-hybridized carbons (Fsp3) is 0.769. The zero-order valence-electron chi connectivity index (χ0n) is 11.7. The standard InChI is InChI=1S/C13H19N3O4/c1-19-12(18)10(15-14)11(17)16-8-5-9-20-13(16)6-3-2-4-7-13/h2-9H2,1H3/p+1. The van der Waals surface area contributed by atoms with E-state index in [0.717, 1.165) is 38.5 Å². The molecule has 0 aromatic carbocycles. The molecule has 2 fully saturated rings. The second-order valence-electron chi connectivity index (χ2n) is 5.12. The first-order chi connectivity index (χ1) is 9.64. The van der Waals surface area contributed by atoms with Gasteiger partial charge in [-0.3, -0.25) is 4.79 Å². The van der Waals surface area contributed by atoms with E-state index in [1.807, 2.05) is 0 Å². The third-order valence-electron chi connectivity index (χ3n) is 3.97. The van der Waals surface area contributed by atoms with Gasteiger partial charge < -0.3 is 19.5 Å². The van der Waals surface area contributed by atoms with Crippen molar-refractivity contribution in [3.8, 4) is 0 Å². The molecule has 2 rings (SSSR count). The number of hydrogen-bond acceptors (Lipinski definition) is 5. The molecular weight excluding hydrogens is 262 g/mol. The largest absolute Gasteiger partial charge is 0.527 e. The van der Waals surface area contributed by atoms with Gasteiger partial charge in [-0.2, -0.15) is 0 Å². The summed E-state index contributed by atoms with van der Waals surface area (Å²) in [7, 11) is 1.21. The summed E-state index contributed by atoms with van der Waals surface area (Å²) in [5, 5.41) is 18.5. The van der Waals surface area contributed by atoms with Crippen molar-refractivity contribution in [3.05, 3.63) is 16.6 Å². The second-order valence-corrected chi connectivity index (χ2v) is 5.12. The highest BCUT2D eigenvalue weighted by Gasteiger charge is 2.48. The normalized spacial score (nSPS) is 22.9. The highest BCUT2D eigenvalue weighted by molar-refractivity contribution is 5.95. The number of amides is 1. The van der Waals surface area contributed by atoms with Gasteiger partial charge in [-0.15, -0.1) is 0 Å². The molecule has 1 heterocycles. The van der Waals surface area contributed by atoms with Gasteiger partial charge in [0.2, 0.25) is 5.39 Å². The number of aliphatic hydroxyl groups is 1. The van der Waals surface area contributed by atoms with Crippen molar-refractivity contribution < 1.29 is 19.4 Å². The lowest BCUT2D eigenvalue weighted by molar-refractivity contribution is -0.204. The van der Waals surface area contributed by atoms with Crippen LogP contribution in [0.2, 0.25) is 0 Å². The molecule has 0 aromatic heterocycles. The first-order valence-electron chi connectivity index (χ1n) is 6.93. The molecule has 2 aliphatic rings. The van der Waals surface area contributed by atoms with Crippen LogP contribution in [0.4, 0.5) is 0 Å². The molecule has 1 amide bonds. The van der Waals surface area contributed by atoms with Crippen LogP contribution in [0.25, 0.3) is 4.98 Å². The summed E-state index contributed by atoms with van der Waals surface area (Å²) in [5.41, 5.74) is -1.11. The lowest BCUT2D eigenvalue weighted by atomic mass is 9.88. The minimum atomic E-state index is -0.686. The van der Waals surface area contributed by atoms with Crippen molar-refractivity contribution >= 4 is 5.91 Å². The van der Waals surface area contributed by atoms with E-state index in [1.54, 1.807) is 4.90 Å². The summed E-state index contributed by atoms with van der Waals surface area (Å²) in [6.45, 7) is 1.14. The molecule has 0 radical (unpaired) electrons. The number of carbonyl (C=O) groups is 1. The minimum absolute atomic E-state index is 0.483. The fourth-order valence-corrected chi connectivity index (χ4v) is 2.97. The molecule has 7 nitrogen and oxygen atoms in total. The number of aliphatic hydroxyl groups excluding tert-OH is 1. The summed E-state index contributed by atoms with van der Waals surface area (Å²) >= 11 is 0. The number of diazo groups is 1. The van der Waals surface area contributed by atoms with E-state index in [9.17, 15) is 9.90 Å². The summed E-state index contributed by atoms with van der Waals surface area (Å²) in [6.07, 6.45) is 5.38. The molecule has 0 atom stereocenters. The van der Waals surface area contributed by atoms with E-state index in [0.29, 0.717) is 13.2 Å². The van der Waals surface area contributed by atoms with Crippen LogP contribution in [0.5, 0.6) is 0 Å². The van der Waals surface area contributed by atoms with E-state index < -0.39 is 23.3 Å². The predicted molar refractivity (Wildman–Crippen MR) is 69.8 cm³/mol. The Kier molecular flexibility index (Phi) is 4.45. The van der Waals surface area contributed by atoms with Gasteiger partial charge >= 0.3 is 17.5 Å². The smallest absolute Gasteiger partial charge is 0.475 e.